The fourth-order valence-corrected chi connectivity index (χ4v) is 1.11. The molecule has 0 aliphatic carbocycles. The molecule has 0 saturated heterocycles. The van der Waals surface area contributed by atoms with Crippen molar-refractivity contribution in [2.24, 2.45) is 4.99 Å². The van der Waals surface area contributed by atoms with Crippen LogP contribution in [0.5, 0.6) is 0 Å². The number of halogens is 3. The molecule has 6 heteroatoms. The maximum Gasteiger partial charge on any atom is 0.405 e. The minimum absolute atomic E-state index is 0.0460. The maximum atomic E-state index is 12.0. The van der Waals surface area contributed by atoms with Gasteiger partial charge in [-0.25, -0.2) is 4.98 Å². The molecule has 0 radical (unpaired) electrons. The molecule has 0 aromatic carbocycles. The average Bonchev–Trinajstić information content (AvgIpc) is 2.24. The van der Waals surface area contributed by atoms with Crippen LogP contribution in [0.2, 0.25) is 0 Å². The normalized spacial score (nSPS) is 10.9. The van der Waals surface area contributed by atoms with E-state index in [1.54, 1.807) is 6.07 Å². The lowest BCUT2D eigenvalue weighted by molar-refractivity contribution is -0.115. The second kappa shape index (κ2) is 4.78. The van der Waals surface area contributed by atoms with E-state index in [0.717, 1.165) is 0 Å². The lowest BCUT2D eigenvalue weighted by Gasteiger charge is -2.11. The summed E-state index contributed by atoms with van der Waals surface area (Å²) >= 11 is 0. The van der Waals surface area contributed by atoms with Crippen LogP contribution in [-0.4, -0.2) is 24.4 Å². The van der Waals surface area contributed by atoms with Gasteiger partial charge in [-0.15, -0.1) is 0 Å². The van der Waals surface area contributed by atoms with E-state index >= 15 is 0 Å². The van der Waals surface area contributed by atoms with Crippen molar-refractivity contribution >= 4 is 24.3 Å². The zero-order valence-corrected chi connectivity index (χ0v) is 8.38. The highest BCUT2D eigenvalue weighted by molar-refractivity contribution is 5.74. The molecule has 1 N–H and O–H groups in total. The van der Waals surface area contributed by atoms with Crippen LogP contribution in [-0.2, 0) is 0 Å². The Morgan fingerprint density at radius 3 is 2.69 bits per heavy atom. The fourth-order valence-electron chi connectivity index (χ4n) is 1.11. The quantitative estimate of drug-likeness (QED) is 0.806. The molecule has 1 aromatic heterocycles. The highest BCUT2D eigenvalue weighted by Crippen LogP contribution is 2.28. The number of hydrogen-bond acceptors (Lipinski definition) is 3. The van der Waals surface area contributed by atoms with Crippen LogP contribution in [0.3, 0.4) is 0 Å². The minimum atomic E-state index is -4.30. The Balaban J connectivity index is 2.95. The molecular weight excluding hydrogens is 219 g/mol. The average molecular weight is 229 g/mol. The smallest absolute Gasteiger partial charge is 0.359 e. The molecule has 0 atom stereocenters. The van der Waals surface area contributed by atoms with Crippen molar-refractivity contribution in [3.05, 3.63) is 24.4 Å². The topological polar surface area (TPSA) is 37.3 Å². The lowest BCUT2D eigenvalue weighted by atomic mass is 10.2. The Bertz CT molecular complexity index is 399. The van der Waals surface area contributed by atoms with Gasteiger partial charge < -0.3 is 5.32 Å². The second-order valence-corrected chi connectivity index (χ2v) is 2.93. The van der Waals surface area contributed by atoms with Crippen molar-refractivity contribution in [3.63, 3.8) is 0 Å². The molecule has 1 heterocycles. The first-order chi connectivity index (χ1) is 7.48. The van der Waals surface area contributed by atoms with Gasteiger partial charge in [0.15, 0.2) is 5.82 Å². The van der Waals surface area contributed by atoms with Crippen molar-refractivity contribution in [3.8, 4) is 0 Å². The SMILES string of the molecule is C=Cc1ccnc(NCC(F)(F)F)c1N=C. The van der Waals surface area contributed by atoms with E-state index in [2.05, 4.69) is 28.6 Å². The molecule has 0 bridgehead atoms. The van der Waals surface area contributed by atoms with Crippen LogP contribution in [0.4, 0.5) is 24.7 Å². The Morgan fingerprint density at radius 1 is 1.50 bits per heavy atom. The molecule has 0 unspecified atom stereocenters. The highest BCUT2D eigenvalue weighted by Gasteiger charge is 2.27. The Hall–Kier alpha value is -1.85. The van der Waals surface area contributed by atoms with E-state index in [0.29, 0.717) is 5.56 Å². The summed E-state index contributed by atoms with van der Waals surface area (Å²) in [6.07, 6.45) is -1.45. The number of pyridine rings is 1. The van der Waals surface area contributed by atoms with Gasteiger partial charge in [-0.1, -0.05) is 12.7 Å². The summed E-state index contributed by atoms with van der Waals surface area (Å²) in [7, 11) is 0. The largest absolute Gasteiger partial charge is 0.405 e. The third-order valence-corrected chi connectivity index (χ3v) is 1.79. The zero-order chi connectivity index (χ0) is 12.2. The van der Waals surface area contributed by atoms with Crippen LogP contribution in [0.1, 0.15) is 5.56 Å². The first-order valence-corrected chi connectivity index (χ1v) is 4.36. The third kappa shape index (κ3) is 3.08. The van der Waals surface area contributed by atoms with Crippen molar-refractivity contribution in [1.29, 1.82) is 0 Å². The fraction of sp³-hybridized carbons (Fsp3) is 0.200. The van der Waals surface area contributed by atoms with Crippen molar-refractivity contribution in [1.82, 2.24) is 4.98 Å². The Kier molecular flexibility index (Phi) is 3.65. The first kappa shape index (κ1) is 12.2. The molecule has 3 nitrogen and oxygen atoms in total. The monoisotopic (exact) mass is 229 g/mol. The summed E-state index contributed by atoms with van der Waals surface area (Å²) in [4.78, 5) is 7.40. The summed E-state index contributed by atoms with van der Waals surface area (Å²) < 4.78 is 36.0. The summed E-state index contributed by atoms with van der Waals surface area (Å²) in [5.41, 5.74) is 0.844. The number of aliphatic imine (C=N–C) groups is 1. The van der Waals surface area contributed by atoms with Gasteiger partial charge in [-0.2, -0.15) is 13.2 Å². The number of hydrogen-bond donors (Lipinski definition) is 1. The van der Waals surface area contributed by atoms with Gasteiger partial charge >= 0.3 is 6.18 Å². The van der Waals surface area contributed by atoms with Gasteiger partial charge in [-0.05, 0) is 12.8 Å². The molecule has 0 amide bonds. The molecule has 0 saturated carbocycles. The molecular formula is C10H10F3N3. The van der Waals surface area contributed by atoms with E-state index < -0.39 is 12.7 Å². The molecule has 16 heavy (non-hydrogen) atoms. The van der Waals surface area contributed by atoms with Crippen LogP contribution < -0.4 is 5.32 Å². The molecule has 0 fully saturated rings. The van der Waals surface area contributed by atoms with Gasteiger partial charge in [-0.3, -0.25) is 4.99 Å². The summed E-state index contributed by atoms with van der Waals surface area (Å²) in [6, 6.07) is 1.59. The summed E-state index contributed by atoms with van der Waals surface area (Å²) in [6.45, 7) is 5.65. The van der Waals surface area contributed by atoms with Gasteiger partial charge in [0.05, 0.1) is 0 Å². The number of nitrogens with zero attached hydrogens (tertiary/aromatic N) is 2. The molecule has 0 aliphatic heterocycles. The van der Waals surface area contributed by atoms with Gasteiger partial charge in [0.25, 0.3) is 0 Å². The van der Waals surface area contributed by atoms with E-state index in [-0.39, 0.29) is 11.5 Å². The number of anilines is 1. The Morgan fingerprint density at radius 2 is 2.19 bits per heavy atom. The number of nitrogens with one attached hydrogen (secondary N) is 1. The van der Waals surface area contributed by atoms with Crippen LogP contribution in [0.15, 0.2) is 23.8 Å². The predicted molar refractivity (Wildman–Crippen MR) is 58.1 cm³/mol. The number of aromatic nitrogens is 1. The van der Waals surface area contributed by atoms with Crippen LogP contribution in [0, 0.1) is 0 Å². The van der Waals surface area contributed by atoms with E-state index in [1.165, 1.54) is 12.3 Å². The minimum Gasteiger partial charge on any atom is -0.359 e. The molecule has 0 spiro atoms. The van der Waals surface area contributed by atoms with Gasteiger partial charge in [0.1, 0.15) is 12.2 Å². The highest BCUT2D eigenvalue weighted by atomic mass is 19.4. The van der Waals surface area contributed by atoms with Gasteiger partial charge in [0, 0.05) is 11.8 Å². The van der Waals surface area contributed by atoms with Gasteiger partial charge in [0.2, 0.25) is 0 Å². The van der Waals surface area contributed by atoms with Crippen LogP contribution in [0.25, 0.3) is 6.08 Å². The van der Waals surface area contributed by atoms with E-state index in [9.17, 15) is 13.2 Å². The summed E-state index contributed by atoms with van der Waals surface area (Å²) in [5, 5.41) is 2.16. The first-order valence-electron chi connectivity index (χ1n) is 4.36. The van der Waals surface area contributed by atoms with E-state index in [1.807, 2.05) is 0 Å². The number of alkyl halides is 3. The molecule has 1 rings (SSSR count). The molecule has 1 aromatic rings. The zero-order valence-electron chi connectivity index (χ0n) is 8.38. The van der Waals surface area contributed by atoms with Crippen molar-refractivity contribution in [2.45, 2.75) is 6.18 Å². The third-order valence-electron chi connectivity index (χ3n) is 1.79. The van der Waals surface area contributed by atoms with E-state index in [4.69, 9.17) is 0 Å². The summed E-state index contributed by atoms with van der Waals surface area (Å²) in [5.74, 6) is 0.0460. The van der Waals surface area contributed by atoms with Crippen molar-refractivity contribution in [2.75, 3.05) is 11.9 Å². The lowest BCUT2D eigenvalue weighted by Crippen LogP contribution is -2.21. The Labute approximate surface area is 90.7 Å². The molecule has 0 aliphatic rings. The number of rotatable bonds is 4. The second-order valence-electron chi connectivity index (χ2n) is 2.93. The van der Waals surface area contributed by atoms with Crippen LogP contribution >= 0.6 is 0 Å². The molecule has 86 valence electrons. The standard InChI is InChI=1S/C10H10F3N3/c1-3-7-4-5-15-9(8(7)14-2)16-6-10(11,12)13/h3-5H,1-2,6H2,(H,15,16). The predicted octanol–water partition coefficient (Wildman–Crippen LogP) is 3.03. The van der Waals surface area contributed by atoms with Crippen molar-refractivity contribution < 1.29 is 13.2 Å². The maximum absolute atomic E-state index is 12.0.